The zero-order chi connectivity index (χ0) is 18.7. The van der Waals surface area contributed by atoms with Crippen molar-refractivity contribution in [3.8, 4) is 10.4 Å². The summed E-state index contributed by atoms with van der Waals surface area (Å²) in [6.07, 6.45) is 1.07. The van der Waals surface area contributed by atoms with E-state index >= 15 is 0 Å². The Hall–Kier alpha value is -2.71. The molecular formula is C18H15FN2O3S2. The largest absolute Gasteiger partial charge is 0.321 e. The van der Waals surface area contributed by atoms with Crippen molar-refractivity contribution in [2.24, 2.45) is 0 Å². The van der Waals surface area contributed by atoms with Gasteiger partial charge < -0.3 is 5.32 Å². The summed E-state index contributed by atoms with van der Waals surface area (Å²) in [7, 11) is -3.34. The van der Waals surface area contributed by atoms with E-state index in [0.29, 0.717) is 16.3 Å². The van der Waals surface area contributed by atoms with Crippen molar-refractivity contribution in [1.82, 2.24) is 0 Å². The highest BCUT2D eigenvalue weighted by Crippen LogP contribution is 2.28. The first-order valence-corrected chi connectivity index (χ1v) is 10.3. The number of amides is 1. The molecule has 0 aliphatic heterocycles. The molecular weight excluding hydrogens is 375 g/mol. The highest BCUT2D eigenvalue weighted by Gasteiger charge is 2.11. The van der Waals surface area contributed by atoms with E-state index in [9.17, 15) is 17.6 Å². The van der Waals surface area contributed by atoms with Crippen molar-refractivity contribution in [3.63, 3.8) is 0 Å². The van der Waals surface area contributed by atoms with Crippen LogP contribution in [-0.4, -0.2) is 20.6 Å². The van der Waals surface area contributed by atoms with Gasteiger partial charge in [0, 0.05) is 16.3 Å². The number of rotatable bonds is 5. The number of halogens is 1. The number of hydrogen-bond donors (Lipinski definition) is 2. The molecule has 1 amide bonds. The van der Waals surface area contributed by atoms with E-state index in [-0.39, 0.29) is 11.7 Å². The Morgan fingerprint density at radius 2 is 1.54 bits per heavy atom. The molecule has 0 spiro atoms. The molecule has 0 bridgehead atoms. The van der Waals surface area contributed by atoms with Crippen molar-refractivity contribution in [3.05, 3.63) is 71.4 Å². The summed E-state index contributed by atoms with van der Waals surface area (Å²) < 4.78 is 37.7. The minimum atomic E-state index is -3.34. The molecule has 0 unspecified atom stereocenters. The summed E-state index contributed by atoms with van der Waals surface area (Å²) in [6, 6.07) is 15.9. The van der Waals surface area contributed by atoms with Gasteiger partial charge >= 0.3 is 0 Å². The van der Waals surface area contributed by atoms with Crippen molar-refractivity contribution < 1.29 is 17.6 Å². The van der Waals surface area contributed by atoms with Crippen molar-refractivity contribution >= 4 is 38.6 Å². The SMILES string of the molecule is CS(=O)(=O)Nc1ccc(NC(=O)c2ccc(-c3ccc(F)cc3)s2)cc1. The van der Waals surface area contributed by atoms with Crippen LogP contribution in [0, 0.1) is 5.82 Å². The van der Waals surface area contributed by atoms with Crippen molar-refractivity contribution in [2.45, 2.75) is 0 Å². The monoisotopic (exact) mass is 390 g/mol. The van der Waals surface area contributed by atoms with Gasteiger partial charge in [0.25, 0.3) is 5.91 Å². The first-order valence-electron chi connectivity index (χ1n) is 7.55. The molecule has 2 N–H and O–H groups in total. The van der Waals surface area contributed by atoms with E-state index in [1.165, 1.54) is 23.5 Å². The summed E-state index contributed by atoms with van der Waals surface area (Å²) >= 11 is 1.30. The Morgan fingerprint density at radius 3 is 2.15 bits per heavy atom. The maximum Gasteiger partial charge on any atom is 0.265 e. The molecule has 0 aliphatic rings. The molecule has 1 aromatic heterocycles. The lowest BCUT2D eigenvalue weighted by Crippen LogP contribution is -2.11. The van der Waals surface area contributed by atoms with E-state index in [1.54, 1.807) is 42.5 Å². The fourth-order valence-electron chi connectivity index (χ4n) is 2.26. The Morgan fingerprint density at radius 1 is 0.923 bits per heavy atom. The van der Waals surface area contributed by atoms with E-state index in [0.717, 1.165) is 16.7 Å². The van der Waals surface area contributed by atoms with Gasteiger partial charge in [-0.15, -0.1) is 11.3 Å². The predicted octanol–water partition coefficient (Wildman–Crippen LogP) is 4.18. The maximum atomic E-state index is 13.0. The fraction of sp³-hybridized carbons (Fsp3) is 0.0556. The van der Waals surface area contributed by atoms with Gasteiger partial charge in [0.15, 0.2) is 0 Å². The first-order chi connectivity index (χ1) is 12.3. The molecule has 8 heteroatoms. The maximum absolute atomic E-state index is 13.0. The molecule has 0 radical (unpaired) electrons. The summed E-state index contributed by atoms with van der Waals surface area (Å²) in [5.74, 6) is -0.579. The van der Waals surface area contributed by atoms with Gasteiger partial charge in [-0.25, -0.2) is 12.8 Å². The second-order valence-electron chi connectivity index (χ2n) is 5.58. The molecule has 134 valence electrons. The van der Waals surface area contributed by atoms with Gasteiger partial charge in [-0.2, -0.15) is 0 Å². The minimum Gasteiger partial charge on any atom is -0.321 e. The standard InChI is InChI=1S/C18H15FN2O3S2/c1-26(23,24)21-15-8-6-14(7-9-15)20-18(22)17-11-10-16(25-17)12-2-4-13(19)5-3-12/h2-11,21H,1H3,(H,20,22). The first kappa shape index (κ1) is 18.1. The van der Waals surface area contributed by atoms with Crippen LogP contribution in [0.4, 0.5) is 15.8 Å². The normalized spacial score (nSPS) is 11.2. The molecule has 0 saturated carbocycles. The third-order valence-corrected chi connectivity index (χ3v) is 5.14. The molecule has 3 aromatic rings. The van der Waals surface area contributed by atoms with Crippen LogP contribution in [0.1, 0.15) is 9.67 Å². The van der Waals surface area contributed by atoms with Gasteiger partial charge in [-0.3, -0.25) is 9.52 Å². The number of carbonyl (C=O) groups excluding carboxylic acids is 1. The average molecular weight is 390 g/mol. The van der Waals surface area contributed by atoms with Gasteiger partial charge in [-0.05, 0) is 54.1 Å². The number of anilines is 2. The minimum absolute atomic E-state index is 0.271. The average Bonchev–Trinajstić information content (AvgIpc) is 3.06. The topological polar surface area (TPSA) is 75.3 Å². The molecule has 0 fully saturated rings. The Balaban J connectivity index is 1.69. The fourth-order valence-corrected chi connectivity index (χ4v) is 3.73. The van der Waals surface area contributed by atoms with Crippen LogP contribution in [-0.2, 0) is 10.0 Å². The summed E-state index contributed by atoms with van der Waals surface area (Å²) in [6.45, 7) is 0. The highest BCUT2D eigenvalue weighted by molar-refractivity contribution is 7.92. The van der Waals surface area contributed by atoms with Crippen LogP contribution >= 0.6 is 11.3 Å². The Labute approximate surface area is 154 Å². The zero-order valence-electron chi connectivity index (χ0n) is 13.7. The van der Waals surface area contributed by atoms with Crippen LogP contribution in [0.5, 0.6) is 0 Å². The van der Waals surface area contributed by atoms with E-state index in [1.807, 2.05) is 6.07 Å². The number of sulfonamides is 1. The number of carbonyl (C=O) groups is 1. The Bertz CT molecular complexity index is 1030. The predicted molar refractivity (Wildman–Crippen MR) is 103 cm³/mol. The smallest absolute Gasteiger partial charge is 0.265 e. The summed E-state index contributed by atoms with van der Waals surface area (Å²) in [5.41, 5.74) is 1.80. The van der Waals surface area contributed by atoms with Crippen LogP contribution in [0.25, 0.3) is 10.4 Å². The van der Waals surface area contributed by atoms with Gasteiger partial charge in [-0.1, -0.05) is 12.1 Å². The van der Waals surface area contributed by atoms with Gasteiger partial charge in [0.05, 0.1) is 11.1 Å². The zero-order valence-corrected chi connectivity index (χ0v) is 15.3. The third kappa shape index (κ3) is 4.68. The highest BCUT2D eigenvalue weighted by atomic mass is 32.2. The molecule has 5 nitrogen and oxygen atoms in total. The molecule has 0 atom stereocenters. The Kier molecular flexibility index (Phi) is 5.06. The second kappa shape index (κ2) is 7.27. The van der Waals surface area contributed by atoms with Gasteiger partial charge in [0.1, 0.15) is 5.82 Å². The van der Waals surface area contributed by atoms with Crippen molar-refractivity contribution in [2.75, 3.05) is 16.3 Å². The molecule has 0 saturated heterocycles. The quantitative estimate of drug-likeness (QED) is 0.686. The second-order valence-corrected chi connectivity index (χ2v) is 8.41. The summed E-state index contributed by atoms with van der Waals surface area (Å²) in [4.78, 5) is 13.7. The lowest BCUT2D eigenvalue weighted by Gasteiger charge is -2.06. The van der Waals surface area contributed by atoms with E-state index in [2.05, 4.69) is 10.0 Å². The van der Waals surface area contributed by atoms with Crippen LogP contribution in [0.3, 0.4) is 0 Å². The molecule has 0 aliphatic carbocycles. The molecule has 26 heavy (non-hydrogen) atoms. The third-order valence-electron chi connectivity index (χ3n) is 3.40. The van der Waals surface area contributed by atoms with Crippen LogP contribution in [0.2, 0.25) is 0 Å². The van der Waals surface area contributed by atoms with Gasteiger partial charge in [0.2, 0.25) is 10.0 Å². The van der Waals surface area contributed by atoms with Crippen molar-refractivity contribution in [1.29, 1.82) is 0 Å². The van der Waals surface area contributed by atoms with E-state index < -0.39 is 10.0 Å². The van der Waals surface area contributed by atoms with Crippen LogP contribution < -0.4 is 10.0 Å². The number of benzene rings is 2. The molecule has 2 aromatic carbocycles. The number of nitrogens with one attached hydrogen (secondary N) is 2. The van der Waals surface area contributed by atoms with E-state index in [4.69, 9.17) is 0 Å². The number of hydrogen-bond acceptors (Lipinski definition) is 4. The summed E-state index contributed by atoms with van der Waals surface area (Å²) in [5, 5.41) is 2.76. The molecule has 1 heterocycles. The lowest BCUT2D eigenvalue weighted by atomic mass is 10.2. The lowest BCUT2D eigenvalue weighted by molar-refractivity contribution is 0.103. The molecule has 3 rings (SSSR count). The number of thiophene rings is 1. The van der Waals surface area contributed by atoms with Crippen LogP contribution in [0.15, 0.2) is 60.7 Å².